The molecule has 0 spiro atoms. The molecule has 16 heavy (non-hydrogen) atoms. The molecule has 2 unspecified atom stereocenters. The van der Waals surface area contributed by atoms with Crippen LogP contribution in [0.4, 0.5) is 0 Å². The Labute approximate surface area is 93.3 Å². The summed E-state index contributed by atoms with van der Waals surface area (Å²) in [6.45, 7) is -0.00908. The van der Waals surface area contributed by atoms with Crippen molar-refractivity contribution in [2.45, 2.75) is 6.42 Å². The molecular formula is C8H14N2O5S. The summed E-state index contributed by atoms with van der Waals surface area (Å²) < 4.78 is 24.1. The molecule has 3 N–H and O–H groups in total. The fourth-order valence-electron chi connectivity index (χ4n) is 1.30. The maximum atomic E-state index is 11.3. The van der Waals surface area contributed by atoms with Crippen LogP contribution in [-0.2, 0) is 19.6 Å². The maximum absolute atomic E-state index is 11.3. The van der Waals surface area contributed by atoms with Gasteiger partial charge in [-0.05, 0) is 13.5 Å². The summed E-state index contributed by atoms with van der Waals surface area (Å²) in [7, 11) is -2.04. The second kappa shape index (κ2) is 4.79. The first-order valence-corrected chi connectivity index (χ1v) is 6.44. The van der Waals surface area contributed by atoms with Crippen molar-refractivity contribution in [1.29, 1.82) is 0 Å². The highest BCUT2D eigenvalue weighted by Crippen LogP contribution is 2.38. The fraction of sp³-hybridized carbons (Fsp3) is 0.750. The van der Waals surface area contributed by atoms with E-state index < -0.39 is 33.7 Å². The minimum atomic E-state index is -3.33. The Bertz CT molecular complexity index is 391. The van der Waals surface area contributed by atoms with Gasteiger partial charge in [0.25, 0.3) is 0 Å². The van der Waals surface area contributed by atoms with Gasteiger partial charge in [-0.3, -0.25) is 9.59 Å². The van der Waals surface area contributed by atoms with E-state index >= 15 is 0 Å². The van der Waals surface area contributed by atoms with Crippen molar-refractivity contribution in [2.75, 3.05) is 19.3 Å². The number of sulfonamides is 1. The number of aliphatic carboxylic acids is 1. The van der Waals surface area contributed by atoms with E-state index in [1.165, 1.54) is 7.05 Å². The number of nitrogens with one attached hydrogen (secondary N) is 2. The molecule has 1 fully saturated rings. The number of carbonyl (C=O) groups is 2. The zero-order valence-electron chi connectivity index (χ0n) is 8.76. The van der Waals surface area contributed by atoms with E-state index in [1.807, 2.05) is 0 Å². The van der Waals surface area contributed by atoms with Crippen molar-refractivity contribution in [3.8, 4) is 0 Å². The molecule has 1 aliphatic rings. The topological polar surface area (TPSA) is 113 Å². The van der Waals surface area contributed by atoms with Gasteiger partial charge in [-0.2, -0.15) is 0 Å². The van der Waals surface area contributed by atoms with Crippen molar-refractivity contribution in [1.82, 2.24) is 10.0 Å². The second-order valence-corrected chi connectivity index (χ2v) is 5.65. The molecule has 1 aliphatic carbocycles. The number of carbonyl (C=O) groups excluding carboxylic acids is 1. The summed E-state index contributed by atoms with van der Waals surface area (Å²) >= 11 is 0. The van der Waals surface area contributed by atoms with Crippen molar-refractivity contribution < 1.29 is 23.1 Å². The van der Waals surface area contributed by atoms with Gasteiger partial charge in [0, 0.05) is 6.54 Å². The van der Waals surface area contributed by atoms with E-state index in [1.54, 1.807) is 0 Å². The standard InChI is InChI=1S/C8H14N2O5S/c1-9-16(14,15)3-2-10-7(11)5-4-6(5)8(12)13/h5-6,9H,2-4H2,1H3,(H,10,11)(H,12,13). The number of carboxylic acids is 1. The number of carboxylic acid groups (broad SMARTS) is 1. The van der Waals surface area contributed by atoms with E-state index in [2.05, 4.69) is 10.0 Å². The number of rotatable bonds is 6. The molecule has 0 aromatic heterocycles. The van der Waals surface area contributed by atoms with E-state index in [0.29, 0.717) is 6.42 Å². The first-order chi connectivity index (χ1) is 7.37. The van der Waals surface area contributed by atoms with Crippen molar-refractivity contribution in [2.24, 2.45) is 11.8 Å². The van der Waals surface area contributed by atoms with E-state index in [9.17, 15) is 18.0 Å². The lowest BCUT2D eigenvalue weighted by Gasteiger charge is -2.04. The van der Waals surface area contributed by atoms with Crippen LogP contribution in [-0.4, -0.2) is 44.7 Å². The molecule has 0 saturated heterocycles. The molecule has 0 heterocycles. The van der Waals surface area contributed by atoms with Gasteiger partial charge < -0.3 is 10.4 Å². The molecule has 2 atom stereocenters. The molecule has 0 radical (unpaired) electrons. The lowest BCUT2D eigenvalue weighted by Crippen LogP contribution is -2.34. The monoisotopic (exact) mass is 250 g/mol. The summed E-state index contributed by atoms with van der Waals surface area (Å²) in [6.07, 6.45) is 0.333. The van der Waals surface area contributed by atoms with Crippen LogP contribution in [0.2, 0.25) is 0 Å². The average molecular weight is 250 g/mol. The van der Waals surface area contributed by atoms with Gasteiger partial charge in [0.05, 0.1) is 17.6 Å². The Balaban J connectivity index is 2.25. The smallest absolute Gasteiger partial charge is 0.307 e. The third-order valence-corrected chi connectivity index (χ3v) is 3.79. The van der Waals surface area contributed by atoms with Crippen LogP contribution in [0.1, 0.15) is 6.42 Å². The van der Waals surface area contributed by atoms with Crippen molar-refractivity contribution >= 4 is 21.9 Å². The van der Waals surface area contributed by atoms with Crippen molar-refractivity contribution in [3.05, 3.63) is 0 Å². The lowest BCUT2D eigenvalue weighted by atomic mass is 10.3. The highest BCUT2D eigenvalue weighted by Gasteiger charge is 2.48. The number of hydrogen-bond acceptors (Lipinski definition) is 4. The predicted molar refractivity (Wildman–Crippen MR) is 55.1 cm³/mol. The summed E-state index contributed by atoms with van der Waals surface area (Å²) in [5, 5.41) is 11.0. The van der Waals surface area contributed by atoms with Gasteiger partial charge >= 0.3 is 5.97 Å². The zero-order valence-corrected chi connectivity index (χ0v) is 9.58. The minimum absolute atomic E-state index is 0.00908. The third-order valence-electron chi connectivity index (χ3n) is 2.43. The molecule has 1 saturated carbocycles. The highest BCUT2D eigenvalue weighted by atomic mass is 32.2. The molecule has 7 nitrogen and oxygen atoms in total. The summed E-state index contributed by atoms with van der Waals surface area (Å²) in [4.78, 5) is 21.8. The molecule has 92 valence electrons. The zero-order chi connectivity index (χ0) is 12.3. The van der Waals surface area contributed by atoms with Crippen LogP contribution in [0.15, 0.2) is 0 Å². The van der Waals surface area contributed by atoms with Crippen LogP contribution in [0.3, 0.4) is 0 Å². The molecule has 1 rings (SSSR count). The largest absolute Gasteiger partial charge is 0.481 e. The third kappa shape index (κ3) is 3.46. The van der Waals surface area contributed by atoms with Gasteiger partial charge in [0.1, 0.15) is 0 Å². The maximum Gasteiger partial charge on any atom is 0.307 e. The molecule has 0 aliphatic heterocycles. The molecule has 0 aromatic rings. The summed E-state index contributed by atoms with van der Waals surface area (Å²) in [5.74, 6) is -2.70. The van der Waals surface area contributed by atoms with E-state index in [-0.39, 0.29) is 12.3 Å². The summed E-state index contributed by atoms with van der Waals surface area (Å²) in [5.41, 5.74) is 0. The molecule has 0 bridgehead atoms. The SMILES string of the molecule is CNS(=O)(=O)CCNC(=O)C1CC1C(=O)O. The van der Waals surface area contributed by atoms with E-state index in [0.717, 1.165) is 0 Å². The van der Waals surface area contributed by atoms with E-state index in [4.69, 9.17) is 5.11 Å². The van der Waals surface area contributed by atoms with Crippen LogP contribution in [0.25, 0.3) is 0 Å². The molecule has 1 amide bonds. The molecule has 0 aromatic carbocycles. The van der Waals surface area contributed by atoms with Crippen LogP contribution in [0, 0.1) is 11.8 Å². The van der Waals surface area contributed by atoms with Gasteiger partial charge in [-0.15, -0.1) is 0 Å². The van der Waals surface area contributed by atoms with Gasteiger partial charge in [0.15, 0.2) is 0 Å². The first kappa shape index (κ1) is 12.9. The Hall–Kier alpha value is -1.15. The fourth-order valence-corrected chi connectivity index (χ4v) is 1.87. The Morgan fingerprint density at radius 1 is 1.38 bits per heavy atom. The van der Waals surface area contributed by atoms with Gasteiger partial charge in [-0.25, -0.2) is 13.1 Å². The predicted octanol–water partition coefficient (Wildman–Crippen LogP) is -1.63. The molecular weight excluding hydrogens is 236 g/mol. The Morgan fingerprint density at radius 3 is 2.44 bits per heavy atom. The first-order valence-electron chi connectivity index (χ1n) is 4.79. The van der Waals surface area contributed by atoms with Crippen molar-refractivity contribution in [3.63, 3.8) is 0 Å². The minimum Gasteiger partial charge on any atom is -0.481 e. The lowest BCUT2D eigenvalue weighted by molar-refractivity contribution is -0.140. The highest BCUT2D eigenvalue weighted by molar-refractivity contribution is 7.89. The van der Waals surface area contributed by atoms with Gasteiger partial charge in [0.2, 0.25) is 15.9 Å². The number of hydrogen-bond donors (Lipinski definition) is 3. The summed E-state index contributed by atoms with van der Waals surface area (Å²) in [6, 6.07) is 0. The molecule has 8 heteroatoms. The normalized spacial score (nSPS) is 23.8. The average Bonchev–Trinajstić information content (AvgIpc) is 2.96. The Kier molecular flexibility index (Phi) is 3.87. The van der Waals surface area contributed by atoms with Crippen LogP contribution < -0.4 is 10.0 Å². The number of amides is 1. The van der Waals surface area contributed by atoms with Crippen LogP contribution >= 0.6 is 0 Å². The van der Waals surface area contributed by atoms with Gasteiger partial charge in [-0.1, -0.05) is 0 Å². The Morgan fingerprint density at radius 2 is 2.00 bits per heavy atom. The second-order valence-electron chi connectivity index (χ2n) is 3.60. The van der Waals surface area contributed by atoms with Crippen LogP contribution in [0.5, 0.6) is 0 Å². The quantitative estimate of drug-likeness (QED) is 0.524.